The van der Waals surface area contributed by atoms with Crippen molar-refractivity contribution >= 4 is 28.4 Å². The molecule has 3 rings (SSSR count). The highest BCUT2D eigenvalue weighted by atomic mass is 32.2. The summed E-state index contributed by atoms with van der Waals surface area (Å²) in [5.41, 5.74) is 1.28. The maximum Gasteiger partial charge on any atom is 0.273 e. The van der Waals surface area contributed by atoms with Gasteiger partial charge in [0, 0.05) is 32.1 Å². The summed E-state index contributed by atoms with van der Waals surface area (Å²) in [7, 11) is 3.05. The Hall–Kier alpha value is -2.62. The molecule has 34 heavy (non-hydrogen) atoms. The van der Waals surface area contributed by atoms with Gasteiger partial charge in [-0.2, -0.15) is 5.10 Å². The van der Waals surface area contributed by atoms with E-state index in [1.165, 1.54) is 23.9 Å². The highest BCUT2D eigenvalue weighted by molar-refractivity contribution is 8.15. The minimum atomic E-state index is -1.05. The number of nitrogens with zero attached hydrogens (tertiary/aromatic N) is 2. The molecule has 182 valence electrons. The molecule has 1 aliphatic rings. The number of carbonyl (C=O) groups excluding carboxylic acids is 1. The monoisotopic (exact) mass is 489 g/mol. The number of halogens is 2. The standard InChI is InChI=1S/C25H29F2N3O3S/c1-17(33-3)24(31)30-25(18-8-5-4-6-9-18,14-13-20(28)10-7-15-32-2)34-23(29-30)21-16-19(26)11-12-22(21)27/h4-6,8-9,11-12,16-17,28H,7,10,13-15H2,1-3H3/t17-,25?/m0/s1. The molecule has 1 amide bonds. The van der Waals surface area contributed by atoms with E-state index < -0.39 is 28.5 Å². The number of thioether (sulfide) groups is 1. The van der Waals surface area contributed by atoms with E-state index in [-0.39, 0.29) is 10.6 Å². The fourth-order valence-corrected chi connectivity index (χ4v) is 5.11. The number of hydrogen-bond acceptors (Lipinski definition) is 6. The van der Waals surface area contributed by atoms with Crippen molar-refractivity contribution in [1.29, 1.82) is 5.41 Å². The van der Waals surface area contributed by atoms with Crippen LogP contribution in [0.1, 0.15) is 43.7 Å². The number of hydrogen-bond donors (Lipinski definition) is 1. The topological polar surface area (TPSA) is 75.0 Å². The average molecular weight is 490 g/mol. The summed E-state index contributed by atoms with van der Waals surface area (Å²) in [6.45, 7) is 2.18. The fourth-order valence-electron chi connectivity index (χ4n) is 3.72. The van der Waals surface area contributed by atoms with E-state index in [1.54, 1.807) is 14.0 Å². The fraction of sp³-hybridized carbons (Fsp3) is 0.400. The van der Waals surface area contributed by atoms with Crippen molar-refractivity contribution in [3.63, 3.8) is 0 Å². The summed E-state index contributed by atoms with van der Waals surface area (Å²) in [6, 6.07) is 12.5. The van der Waals surface area contributed by atoms with Crippen molar-refractivity contribution in [2.75, 3.05) is 20.8 Å². The van der Waals surface area contributed by atoms with Crippen LogP contribution in [-0.2, 0) is 19.1 Å². The number of nitrogens with one attached hydrogen (secondary N) is 1. The van der Waals surface area contributed by atoms with E-state index in [4.69, 9.17) is 14.9 Å². The molecule has 0 aliphatic carbocycles. The second-order valence-corrected chi connectivity index (χ2v) is 9.28. The normalized spacial score (nSPS) is 18.6. The smallest absolute Gasteiger partial charge is 0.273 e. The lowest BCUT2D eigenvalue weighted by Gasteiger charge is -2.37. The molecule has 1 aliphatic heterocycles. The molecule has 0 bridgehead atoms. The van der Waals surface area contributed by atoms with Gasteiger partial charge in [0.2, 0.25) is 0 Å². The summed E-state index contributed by atoms with van der Waals surface area (Å²) in [4.78, 5) is 12.3. The number of benzene rings is 2. The Morgan fingerprint density at radius 1 is 1.18 bits per heavy atom. The Morgan fingerprint density at radius 2 is 1.91 bits per heavy atom. The van der Waals surface area contributed by atoms with Crippen molar-refractivity contribution in [2.45, 2.75) is 43.6 Å². The minimum Gasteiger partial charge on any atom is -0.385 e. The largest absolute Gasteiger partial charge is 0.385 e. The molecule has 0 aromatic heterocycles. The van der Waals surface area contributed by atoms with Crippen LogP contribution in [0, 0.1) is 17.0 Å². The lowest BCUT2D eigenvalue weighted by atomic mass is 9.97. The molecule has 0 spiro atoms. The Kier molecular flexibility index (Phi) is 8.93. The second kappa shape index (κ2) is 11.7. The maximum absolute atomic E-state index is 14.7. The number of methoxy groups -OCH3 is 2. The molecule has 9 heteroatoms. The summed E-state index contributed by atoms with van der Waals surface area (Å²) >= 11 is 1.19. The van der Waals surface area contributed by atoms with E-state index in [2.05, 4.69) is 5.10 Å². The van der Waals surface area contributed by atoms with Gasteiger partial charge in [0.05, 0.1) is 0 Å². The lowest BCUT2D eigenvalue weighted by molar-refractivity contribution is -0.144. The Morgan fingerprint density at radius 3 is 2.59 bits per heavy atom. The maximum atomic E-state index is 14.7. The summed E-state index contributed by atoms with van der Waals surface area (Å²) < 4.78 is 39.0. The minimum absolute atomic E-state index is 0.0131. The summed E-state index contributed by atoms with van der Waals surface area (Å²) in [5.74, 6) is -1.63. The molecule has 0 fully saturated rings. The molecule has 0 saturated heterocycles. The van der Waals surface area contributed by atoms with E-state index in [0.717, 1.165) is 30.2 Å². The number of ether oxygens (including phenoxy) is 2. The van der Waals surface area contributed by atoms with Gasteiger partial charge in [-0.1, -0.05) is 42.1 Å². The Bertz CT molecular complexity index is 1050. The van der Waals surface area contributed by atoms with Gasteiger partial charge >= 0.3 is 0 Å². The molecule has 0 saturated carbocycles. The van der Waals surface area contributed by atoms with Crippen LogP contribution in [0.15, 0.2) is 53.6 Å². The van der Waals surface area contributed by atoms with Crippen LogP contribution in [0.2, 0.25) is 0 Å². The molecule has 6 nitrogen and oxygen atoms in total. The zero-order valence-corrected chi connectivity index (χ0v) is 20.3. The van der Waals surface area contributed by atoms with Gasteiger partial charge in [0.1, 0.15) is 27.7 Å². The van der Waals surface area contributed by atoms with E-state index in [9.17, 15) is 13.6 Å². The van der Waals surface area contributed by atoms with Gasteiger partial charge in [-0.25, -0.2) is 13.8 Å². The predicted octanol–water partition coefficient (Wildman–Crippen LogP) is 5.32. The van der Waals surface area contributed by atoms with E-state index in [1.807, 2.05) is 30.3 Å². The molecular formula is C25H29F2N3O3S. The Balaban J connectivity index is 2.04. The van der Waals surface area contributed by atoms with E-state index in [0.29, 0.717) is 31.6 Å². The first-order valence-electron chi connectivity index (χ1n) is 11.0. The van der Waals surface area contributed by atoms with E-state index >= 15 is 0 Å². The van der Waals surface area contributed by atoms with Crippen LogP contribution >= 0.6 is 11.8 Å². The van der Waals surface area contributed by atoms with Crippen LogP contribution in [0.25, 0.3) is 0 Å². The molecule has 2 atom stereocenters. The SMILES string of the molecule is COCCCC(=N)CCC1(c2ccccc2)SC(c2cc(F)ccc2F)=NN1C(=O)[C@H](C)OC. The Labute approximate surface area is 202 Å². The number of hydrazone groups is 1. The summed E-state index contributed by atoms with van der Waals surface area (Å²) in [5, 5.41) is 14.4. The van der Waals surface area contributed by atoms with Crippen molar-refractivity contribution in [1.82, 2.24) is 5.01 Å². The number of amides is 1. The van der Waals surface area contributed by atoms with Crippen LogP contribution in [0.3, 0.4) is 0 Å². The first-order chi connectivity index (χ1) is 16.3. The molecule has 2 aromatic carbocycles. The molecule has 0 radical (unpaired) electrons. The summed E-state index contributed by atoms with van der Waals surface area (Å²) in [6.07, 6.45) is 1.24. The molecular weight excluding hydrogens is 460 g/mol. The van der Waals surface area contributed by atoms with Gasteiger partial charge in [0.25, 0.3) is 5.91 Å². The van der Waals surface area contributed by atoms with Crippen LogP contribution in [0.5, 0.6) is 0 Å². The van der Waals surface area contributed by atoms with Gasteiger partial charge in [-0.15, -0.1) is 0 Å². The molecule has 1 N–H and O–H groups in total. The highest BCUT2D eigenvalue weighted by Gasteiger charge is 2.49. The van der Waals surface area contributed by atoms with Gasteiger partial charge < -0.3 is 14.9 Å². The van der Waals surface area contributed by atoms with Gasteiger partial charge in [-0.3, -0.25) is 4.79 Å². The third-order valence-electron chi connectivity index (χ3n) is 5.68. The number of rotatable bonds is 11. The second-order valence-electron chi connectivity index (χ2n) is 8.01. The van der Waals surface area contributed by atoms with Crippen LogP contribution in [-0.4, -0.2) is 48.6 Å². The molecule has 1 unspecified atom stereocenters. The quantitative estimate of drug-likeness (QED) is 0.343. The van der Waals surface area contributed by atoms with Crippen molar-refractivity contribution in [2.24, 2.45) is 5.10 Å². The van der Waals surface area contributed by atoms with Gasteiger partial charge in [-0.05, 0) is 56.4 Å². The van der Waals surface area contributed by atoms with Gasteiger partial charge in [0.15, 0.2) is 0 Å². The third-order valence-corrected chi connectivity index (χ3v) is 7.13. The van der Waals surface area contributed by atoms with Crippen molar-refractivity contribution < 1.29 is 23.0 Å². The van der Waals surface area contributed by atoms with Crippen molar-refractivity contribution in [3.8, 4) is 0 Å². The highest BCUT2D eigenvalue weighted by Crippen LogP contribution is 2.51. The van der Waals surface area contributed by atoms with Crippen molar-refractivity contribution in [3.05, 3.63) is 71.3 Å². The zero-order chi connectivity index (χ0) is 24.7. The molecule has 1 heterocycles. The van der Waals surface area contributed by atoms with Crippen LogP contribution < -0.4 is 0 Å². The first kappa shape index (κ1) is 26.0. The third kappa shape index (κ3) is 5.71. The zero-order valence-electron chi connectivity index (χ0n) is 19.5. The molecule has 2 aromatic rings. The lowest BCUT2D eigenvalue weighted by Crippen LogP contribution is -2.46. The first-order valence-corrected chi connectivity index (χ1v) is 11.8. The van der Waals surface area contributed by atoms with Crippen LogP contribution in [0.4, 0.5) is 8.78 Å². The predicted molar refractivity (Wildman–Crippen MR) is 130 cm³/mol. The number of carbonyl (C=O) groups is 1. The average Bonchev–Trinajstić information content (AvgIpc) is 3.24.